The molecule has 10 atom stereocenters. The molecular weight excluding hydrogens is 831 g/mol. The molecule has 1 aliphatic heterocycles. The summed E-state index contributed by atoms with van der Waals surface area (Å²) in [5.74, 6) is -3.20. The highest BCUT2D eigenvalue weighted by Crippen LogP contribution is 2.65. The number of nitrogens with two attached hydrogens (primary N) is 2. The van der Waals surface area contributed by atoms with Crippen LogP contribution in [0, 0.1) is 17.3 Å². The van der Waals surface area contributed by atoms with Crippen LogP contribution in [0.15, 0.2) is 24.3 Å². The lowest BCUT2D eigenvalue weighted by atomic mass is 9.43. The molecule has 4 fully saturated rings. The number of carbonyl (C=O) groups excluding carboxylic acids is 6. The van der Waals surface area contributed by atoms with Gasteiger partial charge in [-0.25, -0.2) is 0 Å². The molecule has 2 bridgehead atoms. The second-order valence-electron chi connectivity index (χ2n) is 19.4. The Hall–Kier alpha value is -4.10. The minimum Gasteiger partial charge on any atom is -0.404 e. The zero-order valence-corrected chi connectivity index (χ0v) is 40.0. The SMILES string of the molecule is CCCCCCCCc1ccc(C(=O)NCCC(=O)N[C@@H](CCN)C(=O)N[C@H](C(=O)N[C@@H](C)C(=O)N[C@@H](CCCCN)C(=O)N[C@@H](C)B2OC3C[C@@H]4C[C@@H](C4(C)C)[C@]3(C)O2)[C@@H](C)O)cc1. The van der Waals surface area contributed by atoms with Crippen molar-refractivity contribution >= 4 is 42.6 Å². The van der Waals surface area contributed by atoms with Crippen molar-refractivity contribution in [2.45, 2.75) is 186 Å². The summed E-state index contributed by atoms with van der Waals surface area (Å²) in [5.41, 5.74) is 12.8. The molecule has 364 valence electrons. The number of benzene rings is 1. The number of unbranched alkanes of at least 4 members (excludes halogenated alkanes) is 6. The van der Waals surface area contributed by atoms with Crippen LogP contribution in [0.3, 0.4) is 0 Å². The van der Waals surface area contributed by atoms with Gasteiger partial charge in [-0.3, -0.25) is 28.8 Å². The largest absolute Gasteiger partial charge is 0.481 e. The van der Waals surface area contributed by atoms with E-state index in [1.807, 2.05) is 19.1 Å². The van der Waals surface area contributed by atoms with Gasteiger partial charge in [-0.05, 0) is 127 Å². The van der Waals surface area contributed by atoms with Crippen molar-refractivity contribution in [2.24, 2.45) is 28.7 Å². The summed E-state index contributed by atoms with van der Waals surface area (Å²) >= 11 is 0. The average molecular weight is 911 g/mol. The quantitative estimate of drug-likeness (QED) is 0.0435. The summed E-state index contributed by atoms with van der Waals surface area (Å²) in [6, 6.07) is 2.61. The maximum absolute atomic E-state index is 13.7. The molecule has 1 unspecified atom stereocenters. The van der Waals surface area contributed by atoms with E-state index in [1.54, 1.807) is 12.1 Å². The van der Waals surface area contributed by atoms with E-state index >= 15 is 0 Å². The Labute approximate surface area is 386 Å². The molecule has 11 N–H and O–H groups in total. The fourth-order valence-corrected chi connectivity index (χ4v) is 9.62. The molecule has 4 aliphatic rings. The van der Waals surface area contributed by atoms with E-state index in [2.05, 4.69) is 59.6 Å². The second-order valence-corrected chi connectivity index (χ2v) is 19.4. The Morgan fingerprint density at radius 3 is 2.08 bits per heavy atom. The molecule has 17 nitrogen and oxygen atoms in total. The Balaban J connectivity index is 1.24. The van der Waals surface area contributed by atoms with Crippen molar-refractivity contribution in [3.8, 4) is 0 Å². The Bertz CT molecular complexity index is 1750. The van der Waals surface area contributed by atoms with E-state index in [4.69, 9.17) is 20.8 Å². The van der Waals surface area contributed by atoms with Gasteiger partial charge in [0, 0.05) is 18.5 Å². The lowest BCUT2D eigenvalue weighted by Crippen LogP contribution is -2.65. The number of aliphatic hydroxyl groups excluding tert-OH is 1. The molecule has 5 rings (SSSR count). The van der Waals surface area contributed by atoms with Crippen molar-refractivity contribution in [3.63, 3.8) is 0 Å². The van der Waals surface area contributed by atoms with E-state index in [9.17, 15) is 33.9 Å². The minimum atomic E-state index is -1.51. The molecule has 6 amide bonds. The van der Waals surface area contributed by atoms with Gasteiger partial charge in [-0.15, -0.1) is 0 Å². The first-order valence-corrected chi connectivity index (χ1v) is 24.2. The van der Waals surface area contributed by atoms with Crippen molar-refractivity contribution in [3.05, 3.63) is 35.4 Å². The number of rotatable bonds is 28. The average Bonchev–Trinajstić information content (AvgIpc) is 3.63. The normalized spacial score (nSPS) is 23.3. The van der Waals surface area contributed by atoms with Crippen LogP contribution in [-0.2, 0) is 39.7 Å². The van der Waals surface area contributed by atoms with Crippen LogP contribution in [0.4, 0.5) is 0 Å². The van der Waals surface area contributed by atoms with Gasteiger partial charge in [0.05, 0.1) is 23.8 Å². The third-order valence-electron chi connectivity index (χ3n) is 13.9. The highest BCUT2D eigenvalue weighted by Gasteiger charge is 2.68. The highest BCUT2D eigenvalue weighted by atomic mass is 16.7. The molecule has 3 saturated carbocycles. The summed E-state index contributed by atoms with van der Waals surface area (Å²) in [6.45, 7) is 13.8. The number of carbonyl (C=O) groups is 6. The van der Waals surface area contributed by atoms with Gasteiger partial charge in [-0.1, -0.05) is 65.0 Å². The van der Waals surface area contributed by atoms with Crippen molar-refractivity contribution in [2.75, 3.05) is 19.6 Å². The lowest BCUT2D eigenvalue weighted by molar-refractivity contribution is -0.199. The smallest absolute Gasteiger partial charge is 0.404 e. The second kappa shape index (κ2) is 25.2. The first-order chi connectivity index (χ1) is 30.9. The first-order valence-electron chi connectivity index (χ1n) is 24.2. The van der Waals surface area contributed by atoms with Gasteiger partial charge in [-0.2, -0.15) is 0 Å². The molecule has 0 spiro atoms. The fraction of sp³-hybridized carbons (Fsp3) is 0.745. The summed E-state index contributed by atoms with van der Waals surface area (Å²) < 4.78 is 12.9. The van der Waals surface area contributed by atoms with Gasteiger partial charge in [0.15, 0.2) is 0 Å². The summed E-state index contributed by atoms with van der Waals surface area (Å²) in [5, 5.41) is 26.6. The van der Waals surface area contributed by atoms with Gasteiger partial charge in [0.25, 0.3) is 5.91 Å². The third kappa shape index (κ3) is 14.7. The van der Waals surface area contributed by atoms with Crippen LogP contribution < -0.4 is 43.4 Å². The zero-order valence-electron chi connectivity index (χ0n) is 40.0. The molecular formula is C47H79BN8O9. The molecule has 3 aliphatic carbocycles. The predicted octanol–water partition coefficient (Wildman–Crippen LogP) is 2.30. The molecule has 1 heterocycles. The van der Waals surface area contributed by atoms with Gasteiger partial charge < -0.3 is 57.8 Å². The maximum Gasteiger partial charge on any atom is 0.481 e. The topological polar surface area (TPSA) is 265 Å². The number of aliphatic hydroxyl groups is 1. The molecule has 1 aromatic carbocycles. The van der Waals surface area contributed by atoms with Crippen LogP contribution in [0.5, 0.6) is 0 Å². The molecule has 0 aromatic heterocycles. The van der Waals surface area contributed by atoms with E-state index in [1.165, 1.54) is 51.5 Å². The van der Waals surface area contributed by atoms with Gasteiger partial charge >= 0.3 is 7.12 Å². The van der Waals surface area contributed by atoms with E-state index < -0.39 is 78.5 Å². The van der Waals surface area contributed by atoms with Crippen LogP contribution in [-0.4, -0.2) is 115 Å². The first kappa shape index (κ1) is 53.5. The van der Waals surface area contributed by atoms with E-state index in [0.717, 1.165) is 25.7 Å². The van der Waals surface area contributed by atoms with Crippen LogP contribution in [0.25, 0.3) is 0 Å². The maximum atomic E-state index is 13.7. The third-order valence-corrected chi connectivity index (χ3v) is 13.9. The van der Waals surface area contributed by atoms with E-state index in [-0.39, 0.29) is 49.8 Å². The minimum absolute atomic E-state index is 0.0109. The summed E-state index contributed by atoms with van der Waals surface area (Å²) in [7, 11) is -0.658. The number of hydrogen-bond donors (Lipinski definition) is 9. The molecule has 0 radical (unpaired) electrons. The van der Waals surface area contributed by atoms with Crippen molar-refractivity contribution < 1.29 is 43.2 Å². The highest BCUT2D eigenvalue weighted by molar-refractivity contribution is 6.47. The van der Waals surface area contributed by atoms with Gasteiger partial charge in [0.1, 0.15) is 24.2 Å². The van der Waals surface area contributed by atoms with Crippen LogP contribution >= 0.6 is 0 Å². The monoisotopic (exact) mass is 911 g/mol. The standard InChI is InChI=1S/C47H79BN8O9/c1-8-9-10-11-12-13-16-32-18-20-33(21-19-32)42(60)51-26-23-39(58)54-36(22-25-50)44(62)56-40(30(3)57)45(63)52-29(2)41(59)55-35(17-14-15-24-49)43(61)53-31(4)48-64-38-28-34-27-37(46(34,5)6)47(38,7)65-48/h18-21,29-31,34-38,40,57H,8-17,22-28,49-50H2,1-7H3,(H,51,60)(H,52,63)(H,53,61)(H,54,58)(H,55,59)(H,56,62)/t29-,30+,31-,34-,35-,36-,37-,38?,40-,47-/m0/s1. The van der Waals surface area contributed by atoms with Crippen molar-refractivity contribution in [1.29, 1.82) is 0 Å². The molecule has 65 heavy (non-hydrogen) atoms. The van der Waals surface area contributed by atoms with Crippen LogP contribution in [0.1, 0.15) is 148 Å². The summed E-state index contributed by atoms with van der Waals surface area (Å²) in [4.78, 5) is 79.7. The Morgan fingerprint density at radius 2 is 1.43 bits per heavy atom. The number of amides is 6. The molecule has 1 aromatic rings. The zero-order chi connectivity index (χ0) is 47.9. The Morgan fingerprint density at radius 1 is 0.769 bits per heavy atom. The fourth-order valence-electron chi connectivity index (χ4n) is 9.62. The summed E-state index contributed by atoms with van der Waals surface area (Å²) in [6.07, 6.45) is 10.1. The predicted molar refractivity (Wildman–Crippen MR) is 250 cm³/mol. The lowest BCUT2D eigenvalue weighted by Gasteiger charge is -2.64. The van der Waals surface area contributed by atoms with E-state index in [0.29, 0.717) is 36.8 Å². The Kier molecular flexibility index (Phi) is 20.7. The number of hydrogen-bond acceptors (Lipinski definition) is 11. The number of aryl methyl sites for hydroxylation is 1. The molecule has 18 heteroatoms. The van der Waals surface area contributed by atoms with Crippen LogP contribution in [0.2, 0.25) is 0 Å². The molecule has 1 saturated heterocycles. The van der Waals surface area contributed by atoms with Gasteiger partial charge in [0.2, 0.25) is 29.5 Å². The number of nitrogens with one attached hydrogen (secondary N) is 6. The van der Waals surface area contributed by atoms with Crippen molar-refractivity contribution in [1.82, 2.24) is 31.9 Å².